The zero-order valence-corrected chi connectivity index (χ0v) is 18.2. The normalized spacial score (nSPS) is 16.4. The average molecular weight is 423 g/mol. The average Bonchev–Trinajstić information content (AvgIpc) is 3.28. The van der Waals surface area contributed by atoms with Gasteiger partial charge in [-0.3, -0.25) is 14.4 Å². The van der Waals surface area contributed by atoms with Crippen molar-refractivity contribution in [2.75, 3.05) is 19.1 Å². The molecular weight excluding hydrogens is 398 g/mol. The van der Waals surface area contributed by atoms with E-state index in [1.54, 1.807) is 42.2 Å². The molecular formula is C22H25N5O4. The first-order chi connectivity index (χ1) is 14.8. The highest BCUT2D eigenvalue weighted by Crippen LogP contribution is 2.39. The van der Waals surface area contributed by atoms with E-state index in [0.717, 1.165) is 11.1 Å². The van der Waals surface area contributed by atoms with Crippen molar-refractivity contribution in [3.63, 3.8) is 0 Å². The molecule has 1 amide bonds. The maximum absolute atomic E-state index is 13.2. The highest BCUT2D eigenvalue weighted by molar-refractivity contribution is 6.11. The maximum atomic E-state index is 13.2. The topological polar surface area (TPSA) is 103 Å². The molecule has 9 nitrogen and oxygen atoms in total. The zero-order chi connectivity index (χ0) is 22.3. The predicted octanol–water partition coefficient (Wildman–Crippen LogP) is 2.77. The summed E-state index contributed by atoms with van der Waals surface area (Å²) >= 11 is 0. The number of aryl methyl sites for hydroxylation is 1. The Hall–Kier alpha value is -3.46. The molecule has 4 rings (SSSR count). The number of nitrogens with zero attached hydrogens (tertiary/aromatic N) is 5. The van der Waals surface area contributed by atoms with E-state index in [2.05, 4.69) is 10.1 Å². The SMILES string of the molecule is COc1cc(-c2cc(C)c3c(n2)C(C)N(c2cnn(C[C@H](C)O)c2)C3=O)cnc1OC. The number of hydrogen-bond donors (Lipinski definition) is 1. The Bertz CT molecular complexity index is 1140. The Labute approximate surface area is 180 Å². The molecule has 1 N–H and O–H groups in total. The molecule has 0 spiro atoms. The van der Waals surface area contributed by atoms with Gasteiger partial charge in [-0.1, -0.05) is 0 Å². The zero-order valence-electron chi connectivity index (χ0n) is 18.2. The lowest BCUT2D eigenvalue weighted by molar-refractivity contribution is 0.0992. The van der Waals surface area contributed by atoms with E-state index in [0.29, 0.717) is 40.8 Å². The van der Waals surface area contributed by atoms with E-state index in [1.807, 2.05) is 26.0 Å². The van der Waals surface area contributed by atoms with Crippen LogP contribution in [0.4, 0.5) is 5.69 Å². The highest BCUT2D eigenvalue weighted by Gasteiger charge is 2.38. The van der Waals surface area contributed by atoms with Gasteiger partial charge in [-0.25, -0.2) is 9.97 Å². The van der Waals surface area contributed by atoms with E-state index in [1.165, 1.54) is 7.11 Å². The quantitative estimate of drug-likeness (QED) is 0.650. The number of aromatic nitrogens is 4. The van der Waals surface area contributed by atoms with Crippen molar-refractivity contribution in [3.8, 4) is 22.9 Å². The number of aliphatic hydroxyl groups is 1. The molecule has 3 aromatic heterocycles. The van der Waals surface area contributed by atoms with E-state index < -0.39 is 6.10 Å². The second-order valence-corrected chi connectivity index (χ2v) is 7.64. The summed E-state index contributed by atoms with van der Waals surface area (Å²) in [6.07, 6.45) is 4.55. The van der Waals surface area contributed by atoms with Crippen LogP contribution in [0.3, 0.4) is 0 Å². The lowest BCUT2D eigenvalue weighted by Crippen LogP contribution is -2.26. The lowest BCUT2D eigenvalue weighted by Gasteiger charge is -2.19. The van der Waals surface area contributed by atoms with Crippen LogP contribution in [0.2, 0.25) is 0 Å². The molecule has 0 aromatic carbocycles. The van der Waals surface area contributed by atoms with Gasteiger partial charge in [0.25, 0.3) is 11.8 Å². The summed E-state index contributed by atoms with van der Waals surface area (Å²) in [5.74, 6) is 0.797. The summed E-state index contributed by atoms with van der Waals surface area (Å²) in [5, 5.41) is 13.9. The van der Waals surface area contributed by atoms with Crippen LogP contribution in [-0.4, -0.2) is 51.1 Å². The van der Waals surface area contributed by atoms with Crippen LogP contribution in [0.25, 0.3) is 11.3 Å². The summed E-state index contributed by atoms with van der Waals surface area (Å²) < 4.78 is 12.2. The molecule has 0 fully saturated rings. The van der Waals surface area contributed by atoms with Crippen LogP contribution in [0.15, 0.2) is 30.7 Å². The molecule has 0 saturated carbocycles. The van der Waals surface area contributed by atoms with Gasteiger partial charge in [0, 0.05) is 18.0 Å². The third-order valence-corrected chi connectivity index (χ3v) is 5.34. The molecule has 0 radical (unpaired) electrons. The number of carbonyl (C=O) groups is 1. The predicted molar refractivity (Wildman–Crippen MR) is 114 cm³/mol. The third kappa shape index (κ3) is 3.61. The minimum atomic E-state index is -0.529. The molecule has 3 aromatic rings. The standard InChI is InChI=1S/C22H25N5O4/c1-12-6-17(15-7-18(30-4)21(31-5)23-8-15)25-20-14(3)27(22(29)19(12)20)16-9-24-26(11-16)10-13(2)28/h6-9,11,13-14,28H,10H2,1-5H3/t13-,14?/m0/s1. The molecule has 2 atom stereocenters. The third-order valence-electron chi connectivity index (χ3n) is 5.34. The second-order valence-electron chi connectivity index (χ2n) is 7.64. The fourth-order valence-corrected chi connectivity index (χ4v) is 3.90. The lowest BCUT2D eigenvalue weighted by atomic mass is 10.0. The van der Waals surface area contributed by atoms with Crippen molar-refractivity contribution in [2.24, 2.45) is 0 Å². The highest BCUT2D eigenvalue weighted by atomic mass is 16.5. The van der Waals surface area contributed by atoms with Gasteiger partial charge in [-0.2, -0.15) is 5.10 Å². The van der Waals surface area contributed by atoms with Crippen LogP contribution < -0.4 is 14.4 Å². The number of methoxy groups -OCH3 is 2. The van der Waals surface area contributed by atoms with Gasteiger partial charge in [-0.05, 0) is 38.5 Å². The Morgan fingerprint density at radius 1 is 1.23 bits per heavy atom. The minimum absolute atomic E-state index is 0.110. The first-order valence-electron chi connectivity index (χ1n) is 9.98. The molecule has 162 valence electrons. The number of ether oxygens (including phenoxy) is 2. The van der Waals surface area contributed by atoms with Crippen molar-refractivity contribution in [3.05, 3.63) is 47.5 Å². The molecule has 1 aliphatic rings. The number of anilines is 1. The number of carbonyl (C=O) groups excluding carboxylic acids is 1. The number of fused-ring (bicyclic) bond motifs is 1. The van der Waals surface area contributed by atoms with Crippen molar-refractivity contribution in [2.45, 2.75) is 39.5 Å². The van der Waals surface area contributed by atoms with Gasteiger partial charge in [0.15, 0.2) is 5.75 Å². The molecule has 4 heterocycles. The summed E-state index contributed by atoms with van der Waals surface area (Å²) in [4.78, 5) is 24.0. The summed E-state index contributed by atoms with van der Waals surface area (Å²) in [6, 6.07) is 3.44. The van der Waals surface area contributed by atoms with Gasteiger partial charge in [0.05, 0.1) is 61.7 Å². The molecule has 1 unspecified atom stereocenters. The smallest absolute Gasteiger partial charge is 0.261 e. The van der Waals surface area contributed by atoms with Crippen molar-refractivity contribution in [1.82, 2.24) is 19.7 Å². The van der Waals surface area contributed by atoms with Gasteiger partial charge in [-0.15, -0.1) is 0 Å². The van der Waals surface area contributed by atoms with Gasteiger partial charge >= 0.3 is 0 Å². The molecule has 0 saturated heterocycles. The largest absolute Gasteiger partial charge is 0.491 e. The molecule has 31 heavy (non-hydrogen) atoms. The van der Waals surface area contributed by atoms with Crippen molar-refractivity contribution in [1.29, 1.82) is 0 Å². The van der Waals surface area contributed by atoms with Crippen LogP contribution in [-0.2, 0) is 6.54 Å². The second kappa shape index (κ2) is 7.99. The van der Waals surface area contributed by atoms with E-state index in [-0.39, 0.29) is 11.9 Å². The fourth-order valence-electron chi connectivity index (χ4n) is 3.90. The monoisotopic (exact) mass is 423 g/mol. The van der Waals surface area contributed by atoms with Gasteiger partial charge in [0.2, 0.25) is 0 Å². The van der Waals surface area contributed by atoms with Crippen LogP contribution in [0.5, 0.6) is 11.6 Å². The Morgan fingerprint density at radius 3 is 2.68 bits per heavy atom. The van der Waals surface area contributed by atoms with E-state index in [4.69, 9.17) is 14.5 Å². The Kier molecular flexibility index (Phi) is 5.36. The molecule has 9 heteroatoms. The summed E-state index contributed by atoms with van der Waals surface area (Å²) in [7, 11) is 3.09. The summed E-state index contributed by atoms with van der Waals surface area (Å²) in [6.45, 7) is 5.90. The van der Waals surface area contributed by atoms with Crippen LogP contribution >= 0.6 is 0 Å². The van der Waals surface area contributed by atoms with Gasteiger partial charge in [0.1, 0.15) is 0 Å². The Balaban J connectivity index is 1.72. The van der Waals surface area contributed by atoms with Crippen molar-refractivity contribution < 1.29 is 19.4 Å². The first kappa shape index (κ1) is 20.8. The molecule has 1 aliphatic heterocycles. The first-order valence-corrected chi connectivity index (χ1v) is 9.98. The van der Waals surface area contributed by atoms with E-state index in [9.17, 15) is 9.90 Å². The maximum Gasteiger partial charge on any atom is 0.261 e. The number of rotatable bonds is 6. The summed E-state index contributed by atoms with van der Waals surface area (Å²) in [5.41, 5.74) is 4.30. The number of aliphatic hydroxyl groups excluding tert-OH is 1. The molecule has 0 bridgehead atoms. The van der Waals surface area contributed by atoms with E-state index >= 15 is 0 Å². The minimum Gasteiger partial charge on any atom is -0.491 e. The van der Waals surface area contributed by atoms with Crippen LogP contribution in [0.1, 0.15) is 41.5 Å². The number of hydrogen-bond acceptors (Lipinski definition) is 7. The Morgan fingerprint density at radius 2 is 2.00 bits per heavy atom. The molecule has 0 aliphatic carbocycles. The fraction of sp³-hybridized carbons (Fsp3) is 0.364. The van der Waals surface area contributed by atoms with Crippen LogP contribution in [0, 0.1) is 6.92 Å². The van der Waals surface area contributed by atoms with Gasteiger partial charge < -0.3 is 14.6 Å². The number of pyridine rings is 2. The number of amides is 1. The van der Waals surface area contributed by atoms with Crippen molar-refractivity contribution >= 4 is 11.6 Å².